The first kappa shape index (κ1) is 16.7. The lowest BCUT2D eigenvalue weighted by Crippen LogP contribution is -2.20. The summed E-state index contributed by atoms with van der Waals surface area (Å²) in [5.41, 5.74) is -0.286. The first-order chi connectivity index (χ1) is 11.6. The van der Waals surface area contributed by atoms with Crippen molar-refractivity contribution in [3.8, 4) is 6.01 Å². The van der Waals surface area contributed by atoms with Crippen LogP contribution >= 0.6 is 0 Å². The minimum absolute atomic E-state index is 0.00318. The minimum atomic E-state index is -0.526. The van der Waals surface area contributed by atoms with Gasteiger partial charge in [0.25, 0.3) is 11.6 Å². The van der Waals surface area contributed by atoms with Crippen molar-refractivity contribution in [3.05, 3.63) is 32.4 Å². The average Bonchev–Trinajstić information content (AvgIpc) is 2.95. The van der Waals surface area contributed by atoms with Gasteiger partial charge in [0.15, 0.2) is 0 Å². The molecule has 0 aliphatic heterocycles. The predicted molar refractivity (Wildman–Crippen MR) is 88.5 cm³/mol. The molecular formula is C17H22N2O5. The van der Waals surface area contributed by atoms with Gasteiger partial charge >= 0.3 is 5.63 Å². The topological polar surface area (TPSA) is 94.4 Å². The van der Waals surface area contributed by atoms with E-state index in [9.17, 15) is 9.59 Å². The van der Waals surface area contributed by atoms with E-state index in [0.717, 1.165) is 6.42 Å². The van der Waals surface area contributed by atoms with Crippen molar-refractivity contribution in [1.82, 2.24) is 9.97 Å². The number of aryl methyl sites for hydroxylation is 1. The number of nitrogens with zero attached hydrogens (tertiary/aromatic N) is 1. The van der Waals surface area contributed by atoms with E-state index in [1.165, 1.54) is 18.9 Å². The zero-order valence-corrected chi connectivity index (χ0v) is 14.0. The van der Waals surface area contributed by atoms with Crippen LogP contribution in [0.3, 0.4) is 0 Å². The van der Waals surface area contributed by atoms with E-state index in [2.05, 4.69) is 16.9 Å². The molecule has 0 bridgehead atoms. The van der Waals surface area contributed by atoms with Crippen LogP contribution in [0.25, 0.3) is 11.1 Å². The summed E-state index contributed by atoms with van der Waals surface area (Å²) in [7, 11) is 0. The summed E-state index contributed by atoms with van der Waals surface area (Å²) < 4.78 is 16.3. The molecule has 1 aliphatic carbocycles. The van der Waals surface area contributed by atoms with Gasteiger partial charge in [-0.2, -0.15) is 4.98 Å². The molecule has 130 valence electrons. The monoisotopic (exact) mass is 334 g/mol. The Hall–Kier alpha value is -2.15. The molecule has 1 aliphatic rings. The van der Waals surface area contributed by atoms with Gasteiger partial charge < -0.3 is 13.9 Å². The first-order valence-electron chi connectivity index (χ1n) is 8.40. The van der Waals surface area contributed by atoms with E-state index in [-0.39, 0.29) is 30.0 Å². The average molecular weight is 334 g/mol. The number of H-pyrrole nitrogens is 1. The molecule has 0 spiro atoms. The number of aromatic nitrogens is 2. The van der Waals surface area contributed by atoms with Crippen LogP contribution in [0.2, 0.25) is 0 Å². The molecular weight excluding hydrogens is 312 g/mol. The third kappa shape index (κ3) is 3.51. The summed E-state index contributed by atoms with van der Waals surface area (Å²) in [4.78, 5) is 30.4. The van der Waals surface area contributed by atoms with Gasteiger partial charge in [-0.3, -0.25) is 9.78 Å². The lowest BCUT2D eigenvalue weighted by atomic mass is 10.1. The van der Waals surface area contributed by atoms with Crippen molar-refractivity contribution in [2.45, 2.75) is 45.6 Å². The normalized spacial score (nSPS) is 20.6. The fourth-order valence-corrected chi connectivity index (χ4v) is 3.17. The maximum Gasteiger partial charge on any atom is 0.337 e. The van der Waals surface area contributed by atoms with E-state index in [0.29, 0.717) is 29.9 Å². The van der Waals surface area contributed by atoms with Gasteiger partial charge in [0.05, 0.1) is 12.7 Å². The summed E-state index contributed by atoms with van der Waals surface area (Å²) in [5, 5.41) is 0.292. The SMILES string of the molecule is CCc1cc(=O)oc2nc(OCCOC3CCC[C@@H]3C)[nH]c(=O)c12. The Balaban J connectivity index is 1.69. The fraction of sp³-hybridized carbons (Fsp3) is 0.588. The van der Waals surface area contributed by atoms with Crippen LogP contribution in [-0.2, 0) is 11.2 Å². The second-order valence-corrected chi connectivity index (χ2v) is 6.16. The number of fused-ring (bicyclic) bond motifs is 1. The molecule has 0 radical (unpaired) electrons. The molecule has 2 aromatic heterocycles. The largest absolute Gasteiger partial charge is 0.462 e. The Kier molecular flexibility index (Phi) is 4.99. The number of aromatic amines is 1. The van der Waals surface area contributed by atoms with E-state index >= 15 is 0 Å². The van der Waals surface area contributed by atoms with Gasteiger partial charge in [-0.25, -0.2) is 4.79 Å². The van der Waals surface area contributed by atoms with Gasteiger partial charge in [0.1, 0.15) is 12.0 Å². The van der Waals surface area contributed by atoms with Crippen molar-refractivity contribution in [2.24, 2.45) is 5.92 Å². The molecule has 0 saturated heterocycles. The second-order valence-electron chi connectivity index (χ2n) is 6.16. The van der Waals surface area contributed by atoms with Gasteiger partial charge in [-0.05, 0) is 30.7 Å². The fourth-order valence-electron chi connectivity index (χ4n) is 3.17. The van der Waals surface area contributed by atoms with Crippen LogP contribution in [0.1, 0.15) is 38.7 Å². The summed E-state index contributed by atoms with van der Waals surface area (Å²) in [5.74, 6) is 0.574. The Morgan fingerprint density at radius 1 is 1.33 bits per heavy atom. The van der Waals surface area contributed by atoms with Gasteiger partial charge in [-0.1, -0.05) is 20.3 Å². The van der Waals surface area contributed by atoms with Gasteiger partial charge in [0.2, 0.25) is 5.71 Å². The molecule has 1 fully saturated rings. The highest BCUT2D eigenvalue weighted by Gasteiger charge is 2.23. The number of nitrogens with one attached hydrogen (secondary N) is 1. The Labute approximate surface area is 139 Å². The molecule has 0 aromatic carbocycles. The molecule has 2 aromatic rings. The quantitative estimate of drug-likeness (QED) is 0.812. The number of hydrogen-bond acceptors (Lipinski definition) is 6. The predicted octanol–water partition coefficient (Wildman–Crippen LogP) is 2.02. The van der Waals surface area contributed by atoms with Crippen LogP contribution in [0, 0.1) is 5.92 Å². The zero-order valence-electron chi connectivity index (χ0n) is 14.0. The number of hydrogen-bond donors (Lipinski definition) is 1. The van der Waals surface area contributed by atoms with Crippen molar-refractivity contribution in [2.75, 3.05) is 13.2 Å². The molecule has 3 rings (SSSR count). The van der Waals surface area contributed by atoms with Crippen LogP contribution < -0.4 is 15.9 Å². The lowest BCUT2D eigenvalue weighted by Gasteiger charge is -2.16. The summed E-state index contributed by atoms with van der Waals surface area (Å²) in [6.07, 6.45) is 4.30. The summed E-state index contributed by atoms with van der Waals surface area (Å²) in [6.45, 7) is 4.75. The highest BCUT2D eigenvalue weighted by Crippen LogP contribution is 2.27. The van der Waals surface area contributed by atoms with Gasteiger partial charge in [-0.15, -0.1) is 0 Å². The van der Waals surface area contributed by atoms with Gasteiger partial charge in [0, 0.05) is 6.07 Å². The molecule has 1 saturated carbocycles. The molecule has 2 atom stereocenters. The van der Waals surface area contributed by atoms with E-state index < -0.39 is 5.63 Å². The third-order valence-corrected chi connectivity index (χ3v) is 4.49. The Morgan fingerprint density at radius 2 is 2.17 bits per heavy atom. The van der Waals surface area contributed by atoms with E-state index in [1.54, 1.807) is 0 Å². The van der Waals surface area contributed by atoms with Crippen molar-refractivity contribution in [1.29, 1.82) is 0 Å². The first-order valence-corrected chi connectivity index (χ1v) is 8.40. The smallest absolute Gasteiger partial charge is 0.337 e. The molecule has 1 unspecified atom stereocenters. The molecule has 1 N–H and O–H groups in total. The third-order valence-electron chi connectivity index (χ3n) is 4.49. The minimum Gasteiger partial charge on any atom is -0.462 e. The highest BCUT2D eigenvalue weighted by atomic mass is 16.5. The number of ether oxygens (including phenoxy) is 2. The van der Waals surface area contributed by atoms with E-state index in [4.69, 9.17) is 13.9 Å². The Bertz CT molecular complexity index is 826. The van der Waals surface area contributed by atoms with E-state index in [1.807, 2.05) is 6.92 Å². The van der Waals surface area contributed by atoms with Crippen LogP contribution in [0.15, 0.2) is 20.1 Å². The molecule has 7 nitrogen and oxygen atoms in total. The van der Waals surface area contributed by atoms with Crippen LogP contribution in [0.4, 0.5) is 0 Å². The highest BCUT2D eigenvalue weighted by molar-refractivity contribution is 5.75. The lowest BCUT2D eigenvalue weighted by molar-refractivity contribution is 0.0148. The van der Waals surface area contributed by atoms with Crippen LogP contribution in [0.5, 0.6) is 6.01 Å². The van der Waals surface area contributed by atoms with Crippen molar-refractivity contribution < 1.29 is 13.9 Å². The van der Waals surface area contributed by atoms with Crippen molar-refractivity contribution in [3.63, 3.8) is 0 Å². The molecule has 2 heterocycles. The molecule has 0 amide bonds. The summed E-state index contributed by atoms with van der Waals surface area (Å²) >= 11 is 0. The molecule has 24 heavy (non-hydrogen) atoms. The maximum atomic E-state index is 12.2. The van der Waals surface area contributed by atoms with Crippen LogP contribution in [-0.4, -0.2) is 29.3 Å². The maximum absolute atomic E-state index is 12.2. The van der Waals surface area contributed by atoms with Crippen molar-refractivity contribution >= 4 is 11.1 Å². The number of rotatable bonds is 6. The molecule has 7 heteroatoms. The zero-order chi connectivity index (χ0) is 17.1. The standard InChI is InChI=1S/C17H22N2O5/c1-3-11-9-13(20)24-16-14(11)15(21)18-17(19-16)23-8-7-22-12-6-4-5-10(12)2/h9-10,12H,3-8H2,1-2H3,(H,18,19,21)/t10-,12?/m0/s1. The summed E-state index contributed by atoms with van der Waals surface area (Å²) in [6, 6.07) is 1.35. The second kappa shape index (κ2) is 7.17. The Morgan fingerprint density at radius 3 is 2.88 bits per heavy atom.